The van der Waals surface area contributed by atoms with Gasteiger partial charge >= 0.3 is 0 Å². The molecule has 5 rings (SSSR count). The van der Waals surface area contributed by atoms with E-state index in [0.717, 1.165) is 31.7 Å². The summed E-state index contributed by atoms with van der Waals surface area (Å²) >= 11 is 0. The molecule has 4 fully saturated rings. The molecule has 1 aromatic rings. The highest BCUT2D eigenvalue weighted by molar-refractivity contribution is 5.94. The average molecular weight is 303 g/mol. The summed E-state index contributed by atoms with van der Waals surface area (Å²) in [5.74, 6) is 0.719. The Balaban J connectivity index is 1.51. The highest BCUT2D eigenvalue weighted by Crippen LogP contribution is 2.35. The van der Waals surface area contributed by atoms with E-state index in [0.29, 0.717) is 12.0 Å². The summed E-state index contributed by atoms with van der Waals surface area (Å²) in [5, 5.41) is 0. The Hall–Kier alpha value is -1.49. The van der Waals surface area contributed by atoms with Crippen molar-refractivity contribution < 1.29 is 9.18 Å². The fourth-order valence-electron chi connectivity index (χ4n) is 3.92. The minimum Gasteiger partial charge on any atom is -0.337 e. The summed E-state index contributed by atoms with van der Waals surface area (Å²) in [4.78, 5) is 20.9. The Labute approximate surface area is 130 Å². The second kappa shape index (κ2) is 5.61. The first-order valence-electron chi connectivity index (χ1n) is 8.33. The van der Waals surface area contributed by atoms with Crippen LogP contribution in [0.1, 0.15) is 36.0 Å². The Morgan fingerprint density at radius 2 is 2.09 bits per heavy atom. The number of halogens is 1. The molecule has 0 spiro atoms. The molecule has 0 aromatic carbocycles. The third kappa shape index (κ3) is 2.74. The van der Waals surface area contributed by atoms with Gasteiger partial charge in [-0.1, -0.05) is 0 Å². The maximum absolute atomic E-state index is 13.8. The van der Waals surface area contributed by atoms with E-state index in [1.807, 2.05) is 4.90 Å². The average Bonchev–Trinajstić information content (AvgIpc) is 3.34. The van der Waals surface area contributed by atoms with E-state index in [9.17, 15) is 9.18 Å². The first kappa shape index (κ1) is 14.1. The quantitative estimate of drug-likeness (QED) is 0.858. The van der Waals surface area contributed by atoms with Crippen LogP contribution in [0.15, 0.2) is 18.5 Å². The summed E-state index contributed by atoms with van der Waals surface area (Å²) in [6, 6.07) is 1.94. The van der Waals surface area contributed by atoms with Gasteiger partial charge in [-0.25, -0.2) is 4.39 Å². The summed E-state index contributed by atoms with van der Waals surface area (Å²) in [6.07, 6.45) is 7.69. The predicted octanol–water partition coefficient (Wildman–Crippen LogP) is 2.17. The van der Waals surface area contributed by atoms with E-state index in [1.54, 1.807) is 0 Å². The number of aromatic nitrogens is 1. The Morgan fingerprint density at radius 3 is 2.86 bits per heavy atom. The van der Waals surface area contributed by atoms with Crippen LogP contribution in [-0.4, -0.2) is 52.9 Å². The van der Waals surface area contributed by atoms with Crippen molar-refractivity contribution in [1.82, 2.24) is 14.8 Å². The van der Waals surface area contributed by atoms with E-state index in [1.165, 1.54) is 44.5 Å². The largest absolute Gasteiger partial charge is 0.337 e. The van der Waals surface area contributed by atoms with Crippen molar-refractivity contribution in [2.45, 2.75) is 31.7 Å². The van der Waals surface area contributed by atoms with Crippen LogP contribution in [0.3, 0.4) is 0 Å². The predicted molar refractivity (Wildman–Crippen MR) is 80.9 cm³/mol. The van der Waals surface area contributed by atoms with Crippen LogP contribution < -0.4 is 0 Å². The van der Waals surface area contributed by atoms with Crippen LogP contribution >= 0.6 is 0 Å². The third-order valence-corrected chi connectivity index (χ3v) is 5.31. The normalized spacial score (nSPS) is 28.7. The molecule has 2 atom stereocenters. The van der Waals surface area contributed by atoms with E-state index in [-0.39, 0.29) is 11.5 Å². The van der Waals surface area contributed by atoms with Crippen molar-refractivity contribution in [1.29, 1.82) is 0 Å². The van der Waals surface area contributed by atoms with Crippen LogP contribution in [0, 0.1) is 17.7 Å². The van der Waals surface area contributed by atoms with Crippen molar-refractivity contribution in [2.75, 3.05) is 26.2 Å². The van der Waals surface area contributed by atoms with E-state index in [2.05, 4.69) is 9.88 Å². The molecular formula is C17H22FN3O. The van der Waals surface area contributed by atoms with Gasteiger partial charge in [-0.3, -0.25) is 14.7 Å². The van der Waals surface area contributed by atoms with Crippen LogP contribution in [0.5, 0.6) is 0 Å². The summed E-state index contributed by atoms with van der Waals surface area (Å²) in [6.45, 7) is 3.79. The van der Waals surface area contributed by atoms with Crippen LogP contribution in [0.25, 0.3) is 0 Å². The molecule has 0 N–H and O–H groups in total. The van der Waals surface area contributed by atoms with Gasteiger partial charge in [0.25, 0.3) is 5.91 Å². The van der Waals surface area contributed by atoms with Gasteiger partial charge in [-0.05, 0) is 43.6 Å². The number of piperidine rings is 1. The topological polar surface area (TPSA) is 36.4 Å². The summed E-state index contributed by atoms with van der Waals surface area (Å²) in [7, 11) is 0. The molecule has 3 saturated heterocycles. The molecule has 1 amide bonds. The highest BCUT2D eigenvalue weighted by Gasteiger charge is 2.38. The van der Waals surface area contributed by atoms with Gasteiger partial charge in [-0.2, -0.15) is 0 Å². The SMILES string of the molecule is O=C(c1ccncc1F)N1C[C@H]2CC[C@@H](C1)N(CC1CC1)C2. The second-order valence-corrected chi connectivity index (χ2v) is 7.06. The number of amides is 1. The minimum atomic E-state index is -0.515. The Morgan fingerprint density at radius 1 is 1.23 bits per heavy atom. The number of rotatable bonds is 3. The third-order valence-electron chi connectivity index (χ3n) is 5.31. The number of pyridine rings is 1. The number of carbonyl (C=O) groups is 1. The van der Waals surface area contributed by atoms with Gasteiger partial charge in [0.1, 0.15) is 0 Å². The monoisotopic (exact) mass is 303 g/mol. The lowest BCUT2D eigenvalue weighted by Gasteiger charge is -2.36. The van der Waals surface area contributed by atoms with Crippen LogP contribution in [-0.2, 0) is 0 Å². The van der Waals surface area contributed by atoms with Crippen LogP contribution in [0.2, 0.25) is 0 Å². The van der Waals surface area contributed by atoms with Crippen molar-refractivity contribution in [3.05, 3.63) is 29.8 Å². The van der Waals surface area contributed by atoms with E-state index < -0.39 is 5.82 Å². The Bertz CT molecular complexity index is 575. The highest BCUT2D eigenvalue weighted by atomic mass is 19.1. The molecule has 4 aliphatic rings. The van der Waals surface area contributed by atoms with Gasteiger partial charge < -0.3 is 4.90 Å². The van der Waals surface area contributed by atoms with Gasteiger partial charge in [0.15, 0.2) is 5.82 Å². The van der Waals surface area contributed by atoms with Gasteiger partial charge in [-0.15, -0.1) is 0 Å². The molecule has 4 heterocycles. The van der Waals surface area contributed by atoms with Crippen molar-refractivity contribution in [3.8, 4) is 0 Å². The molecule has 1 saturated carbocycles. The molecular weight excluding hydrogens is 281 g/mol. The minimum absolute atomic E-state index is 0.157. The number of fused-ring (bicyclic) bond motifs is 4. The smallest absolute Gasteiger partial charge is 0.257 e. The zero-order valence-corrected chi connectivity index (χ0v) is 12.7. The van der Waals surface area contributed by atoms with Crippen LogP contribution in [0.4, 0.5) is 4.39 Å². The molecule has 3 aliphatic heterocycles. The lowest BCUT2D eigenvalue weighted by molar-refractivity contribution is 0.0732. The van der Waals surface area contributed by atoms with Gasteiger partial charge in [0.2, 0.25) is 0 Å². The van der Waals surface area contributed by atoms with Gasteiger partial charge in [0, 0.05) is 38.4 Å². The molecule has 4 nitrogen and oxygen atoms in total. The first-order chi connectivity index (χ1) is 10.7. The van der Waals surface area contributed by atoms with E-state index in [4.69, 9.17) is 0 Å². The molecule has 22 heavy (non-hydrogen) atoms. The second-order valence-electron chi connectivity index (χ2n) is 7.06. The number of hydrogen-bond acceptors (Lipinski definition) is 3. The maximum atomic E-state index is 13.8. The molecule has 1 aromatic heterocycles. The maximum Gasteiger partial charge on any atom is 0.257 e. The zero-order valence-electron chi connectivity index (χ0n) is 12.7. The molecule has 0 unspecified atom stereocenters. The molecule has 0 radical (unpaired) electrons. The fraction of sp³-hybridized carbons (Fsp3) is 0.647. The Kier molecular flexibility index (Phi) is 3.60. The van der Waals surface area contributed by atoms with Crippen molar-refractivity contribution in [3.63, 3.8) is 0 Å². The summed E-state index contributed by atoms with van der Waals surface area (Å²) in [5.41, 5.74) is 0.157. The molecule has 1 aliphatic carbocycles. The van der Waals surface area contributed by atoms with Crippen molar-refractivity contribution in [2.24, 2.45) is 11.8 Å². The van der Waals surface area contributed by atoms with Gasteiger partial charge in [0.05, 0.1) is 11.8 Å². The number of carbonyl (C=O) groups excluding carboxylic acids is 1. The lowest BCUT2D eigenvalue weighted by Crippen LogP contribution is -2.45. The van der Waals surface area contributed by atoms with E-state index >= 15 is 0 Å². The number of hydrogen-bond donors (Lipinski definition) is 0. The number of nitrogens with zero attached hydrogens (tertiary/aromatic N) is 3. The first-order valence-corrected chi connectivity index (χ1v) is 8.33. The summed E-state index contributed by atoms with van der Waals surface area (Å²) < 4.78 is 13.8. The molecule has 2 bridgehead atoms. The lowest BCUT2D eigenvalue weighted by atomic mass is 9.95. The zero-order chi connectivity index (χ0) is 15.1. The standard InChI is InChI=1S/C17H22FN3O/c18-16-7-19-6-5-15(16)17(22)21-10-13-3-4-14(11-21)20(9-13)8-12-1-2-12/h5-7,12-14H,1-4,8-11H2/t13-,14-/m0/s1. The molecule has 5 heteroatoms. The molecule has 118 valence electrons. The van der Waals surface area contributed by atoms with Crippen molar-refractivity contribution >= 4 is 5.91 Å². The fourth-order valence-corrected chi connectivity index (χ4v) is 3.92.